The third-order valence-corrected chi connectivity index (χ3v) is 1.75. The maximum atomic E-state index is 11.1. The van der Waals surface area contributed by atoms with Gasteiger partial charge in [-0.15, -0.1) is 0 Å². The predicted octanol–water partition coefficient (Wildman–Crippen LogP) is 1.38. The number of carbonyl (C=O) groups is 2. The SMILES string of the molecule is COC(=O)c1cc(O)cc(C(C)=O)c1. The molecule has 0 amide bonds. The van der Waals surface area contributed by atoms with Crippen LogP contribution in [0.1, 0.15) is 27.6 Å². The molecule has 0 aromatic heterocycles. The summed E-state index contributed by atoms with van der Waals surface area (Å²) >= 11 is 0. The highest BCUT2D eigenvalue weighted by molar-refractivity contribution is 5.98. The van der Waals surface area contributed by atoms with Gasteiger partial charge in [0, 0.05) is 5.56 Å². The second-order valence-electron chi connectivity index (χ2n) is 2.82. The quantitative estimate of drug-likeness (QED) is 0.570. The molecule has 0 unspecified atom stereocenters. The van der Waals surface area contributed by atoms with Crippen LogP contribution in [0.5, 0.6) is 5.75 Å². The van der Waals surface area contributed by atoms with Crippen LogP contribution in [-0.2, 0) is 4.74 Å². The molecule has 0 saturated heterocycles. The molecule has 0 fully saturated rings. The number of methoxy groups -OCH3 is 1. The molecule has 0 radical (unpaired) electrons. The maximum absolute atomic E-state index is 11.1. The van der Waals surface area contributed by atoms with Crippen molar-refractivity contribution in [3.63, 3.8) is 0 Å². The number of rotatable bonds is 2. The zero-order valence-corrected chi connectivity index (χ0v) is 7.90. The van der Waals surface area contributed by atoms with Crippen LogP contribution >= 0.6 is 0 Å². The third-order valence-electron chi connectivity index (χ3n) is 1.75. The van der Waals surface area contributed by atoms with Crippen LogP contribution in [0.3, 0.4) is 0 Å². The molecule has 1 aromatic rings. The summed E-state index contributed by atoms with van der Waals surface area (Å²) in [5, 5.41) is 9.23. The summed E-state index contributed by atoms with van der Waals surface area (Å²) in [7, 11) is 1.24. The van der Waals surface area contributed by atoms with Crippen LogP contribution < -0.4 is 0 Å². The number of esters is 1. The molecule has 0 bridgehead atoms. The summed E-state index contributed by atoms with van der Waals surface area (Å²) in [5.74, 6) is -0.924. The molecule has 0 saturated carbocycles. The molecule has 0 aliphatic rings. The van der Waals surface area contributed by atoms with Crippen molar-refractivity contribution in [3.05, 3.63) is 29.3 Å². The Morgan fingerprint density at radius 2 is 1.79 bits per heavy atom. The van der Waals surface area contributed by atoms with Crippen LogP contribution in [-0.4, -0.2) is 24.0 Å². The summed E-state index contributed by atoms with van der Waals surface area (Å²) in [4.78, 5) is 22.1. The lowest BCUT2D eigenvalue weighted by Crippen LogP contribution is -2.03. The average molecular weight is 194 g/mol. The van der Waals surface area contributed by atoms with Crippen molar-refractivity contribution in [2.45, 2.75) is 6.92 Å². The minimum Gasteiger partial charge on any atom is -0.508 e. The maximum Gasteiger partial charge on any atom is 0.338 e. The van der Waals surface area contributed by atoms with Gasteiger partial charge in [-0.3, -0.25) is 4.79 Å². The van der Waals surface area contributed by atoms with E-state index < -0.39 is 5.97 Å². The van der Waals surface area contributed by atoms with Crippen molar-refractivity contribution < 1.29 is 19.4 Å². The molecule has 0 spiro atoms. The fourth-order valence-corrected chi connectivity index (χ4v) is 1.05. The highest BCUT2D eigenvalue weighted by Gasteiger charge is 2.10. The minimum atomic E-state index is -0.580. The second-order valence-corrected chi connectivity index (χ2v) is 2.82. The first-order chi connectivity index (χ1) is 6.54. The van der Waals surface area contributed by atoms with E-state index in [1.165, 1.54) is 32.2 Å². The first-order valence-corrected chi connectivity index (χ1v) is 3.98. The fourth-order valence-electron chi connectivity index (χ4n) is 1.05. The Morgan fingerprint density at radius 3 is 2.29 bits per heavy atom. The van der Waals surface area contributed by atoms with Gasteiger partial charge in [0.25, 0.3) is 0 Å². The molecule has 1 N–H and O–H groups in total. The fraction of sp³-hybridized carbons (Fsp3) is 0.200. The minimum absolute atomic E-state index is 0.127. The van der Waals surface area contributed by atoms with E-state index in [0.29, 0.717) is 0 Å². The van der Waals surface area contributed by atoms with E-state index in [1.54, 1.807) is 0 Å². The van der Waals surface area contributed by atoms with E-state index in [1.807, 2.05) is 0 Å². The lowest BCUT2D eigenvalue weighted by molar-refractivity contribution is 0.0600. The molecule has 14 heavy (non-hydrogen) atoms. The van der Waals surface area contributed by atoms with Crippen LogP contribution in [0.25, 0.3) is 0 Å². The third kappa shape index (κ3) is 2.10. The number of phenols is 1. The average Bonchev–Trinajstić information content (AvgIpc) is 2.15. The molecule has 4 nitrogen and oxygen atoms in total. The van der Waals surface area contributed by atoms with Gasteiger partial charge >= 0.3 is 5.97 Å². The first-order valence-electron chi connectivity index (χ1n) is 3.98. The van der Waals surface area contributed by atoms with Gasteiger partial charge in [0.1, 0.15) is 5.75 Å². The van der Waals surface area contributed by atoms with Crippen LogP contribution in [0.4, 0.5) is 0 Å². The molecule has 4 heteroatoms. The molecule has 0 aliphatic carbocycles. The molecular formula is C10H10O4. The summed E-state index contributed by atoms with van der Waals surface area (Å²) in [5.41, 5.74) is 0.447. The van der Waals surface area contributed by atoms with Gasteiger partial charge in [0.05, 0.1) is 12.7 Å². The van der Waals surface area contributed by atoms with Crippen molar-refractivity contribution in [2.75, 3.05) is 7.11 Å². The zero-order valence-electron chi connectivity index (χ0n) is 7.90. The summed E-state index contributed by atoms with van der Waals surface area (Å²) in [6.07, 6.45) is 0. The predicted molar refractivity (Wildman–Crippen MR) is 49.5 cm³/mol. The molecular weight excluding hydrogens is 184 g/mol. The summed E-state index contributed by atoms with van der Waals surface area (Å²) < 4.78 is 4.46. The number of carbonyl (C=O) groups excluding carboxylic acids is 2. The Balaban J connectivity index is 3.20. The van der Waals surface area contributed by atoms with Crippen molar-refractivity contribution >= 4 is 11.8 Å². The number of hydrogen-bond acceptors (Lipinski definition) is 4. The van der Waals surface area contributed by atoms with E-state index in [0.717, 1.165) is 0 Å². The smallest absolute Gasteiger partial charge is 0.338 e. The van der Waals surface area contributed by atoms with E-state index in [4.69, 9.17) is 0 Å². The van der Waals surface area contributed by atoms with Crippen molar-refractivity contribution in [1.29, 1.82) is 0 Å². The Morgan fingerprint density at radius 1 is 1.21 bits per heavy atom. The number of ketones is 1. The Kier molecular flexibility index (Phi) is 2.86. The number of phenolic OH excluding ortho intramolecular Hbond substituents is 1. The Bertz CT molecular complexity index is 382. The molecule has 0 aliphatic heterocycles. The molecule has 1 rings (SSSR count). The number of ether oxygens (including phenoxy) is 1. The van der Waals surface area contributed by atoms with Gasteiger partial charge in [-0.25, -0.2) is 4.79 Å². The lowest BCUT2D eigenvalue weighted by Gasteiger charge is -2.02. The highest BCUT2D eigenvalue weighted by atomic mass is 16.5. The monoisotopic (exact) mass is 194 g/mol. The number of hydrogen-bond donors (Lipinski definition) is 1. The number of aromatic hydroxyl groups is 1. The van der Waals surface area contributed by atoms with Gasteiger partial charge in [-0.05, 0) is 25.1 Å². The molecule has 0 heterocycles. The normalized spacial score (nSPS) is 9.57. The van der Waals surface area contributed by atoms with Crippen LogP contribution in [0, 0.1) is 0 Å². The summed E-state index contributed by atoms with van der Waals surface area (Å²) in [6.45, 7) is 1.36. The molecule has 1 aromatic carbocycles. The van der Waals surface area contributed by atoms with E-state index in [-0.39, 0.29) is 22.7 Å². The largest absolute Gasteiger partial charge is 0.508 e. The van der Waals surface area contributed by atoms with Gasteiger partial charge in [0.2, 0.25) is 0 Å². The van der Waals surface area contributed by atoms with Gasteiger partial charge in [-0.2, -0.15) is 0 Å². The molecule has 0 atom stereocenters. The van der Waals surface area contributed by atoms with Gasteiger partial charge in [0.15, 0.2) is 5.78 Å². The van der Waals surface area contributed by atoms with Crippen molar-refractivity contribution in [2.24, 2.45) is 0 Å². The van der Waals surface area contributed by atoms with Crippen LogP contribution in [0.2, 0.25) is 0 Å². The Hall–Kier alpha value is -1.84. The number of Topliss-reactive ketones (excluding diaryl/α,β-unsaturated/α-hetero) is 1. The topological polar surface area (TPSA) is 63.6 Å². The van der Waals surface area contributed by atoms with Crippen molar-refractivity contribution in [1.82, 2.24) is 0 Å². The second kappa shape index (κ2) is 3.91. The standard InChI is InChI=1S/C10H10O4/c1-6(11)7-3-8(10(13)14-2)5-9(12)4-7/h3-5,12H,1-2H3. The van der Waals surface area contributed by atoms with Gasteiger partial charge in [-0.1, -0.05) is 0 Å². The zero-order chi connectivity index (χ0) is 10.7. The van der Waals surface area contributed by atoms with E-state index in [2.05, 4.69) is 4.74 Å². The number of benzene rings is 1. The van der Waals surface area contributed by atoms with E-state index in [9.17, 15) is 14.7 Å². The first kappa shape index (κ1) is 10.2. The van der Waals surface area contributed by atoms with Crippen LogP contribution in [0.15, 0.2) is 18.2 Å². The highest BCUT2D eigenvalue weighted by Crippen LogP contribution is 2.16. The van der Waals surface area contributed by atoms with Gasteiger partial charge < -0.3 is 9.84 Å². The lowest BCUT2D eigenvalue weighted by atomic mass is 10.1. The van der Waals surface area contributed by atoms with Crippen molar-refractivity contribution in [3.8, 4) is 5.75 Å². The summed E-state index contributed by atoms with van der Waals surface area (Å²) in [6, 6.07) is 3.93. The van der Waals surface area contributed by atoms with E-state index >= 15 is 0 Å². The Labute approximate surface area is 81.1 Å². The molecule has 74 valence electrons.